The third-order valence-corrected chi connectivity index (χ3v) is 4.82. The molecule has 1 aromatic carbocycles. The fourth-order valence-corrected chi connectivity index (χ4v) is 3.90. The van der Waals surface area contributed by atoms with Gasteiger partial charge in [0.25, 0.3) is 0 Å². The first kappa shape index (κ1) is 12.5. The summed E-state index contributed by atoms with van der Waals surface area (Å²) < 4.78 is 1.86. The number of imidazole rings is 1. The fourth-order valence-electron chi connectivity index (χ4n) is 2.59. The molecule has 100 valence electrons. The molecule has 1 unspecified atom stereocenters. The second-order valence-corrected chi connectivity index (χ2v) is 6.10. The van der Waals surface area contributed by atoms with Crippen molar-refractivity contribution < 1.29 is 9.90 Å². The Morgan fingerprint density at radius 1 is 1.42 bits per heavy atom. The lowest BCUT2D eigenvalue weighted by molar-refractivity contribution is -0.137. The maximum atomic E-state index is 11.1. The highest BCUT2D eigenvalue weighted by Crippen LogP contribution is 2.38. The molecule has 1 atom stereocenters. The summed E-state index contributed by atoms with van der Waals surface area (Å²) in [5.74, 6) is 1.25. The number of para-hydroxylation sites is 2. The summed E-state index contributed by atoms with van der Waals surface area (Å²) in [5, 5.41) is 9.45. The number of fused-ring (bicyclic) bond motifs is 1. The van der Waals surface area contributed by atoms with E-state index in [1.54, 1.807) is 0 Å². The Morgan fingerprint density at radius 3 is 3.00 bits per heavy atom. The van der Waals surface area contributed by atoms with Crippen LogP contribution in [0.3, 0.4) is 0 Å². The van der Waals surface area contributed by atoms with Crippen LogP contribution in [0.5, 0.6) is 0 Å². The van der Waals surface area contributed by atoms with E-state index >= 15 is 0 Å². The zero-order valence-electron chi connectivity index (χ0n) is 10.6. The zero-order valence-corrected chi connectivity index (χ0v) is 11.4. The van der Waals surface area contributed by atoms with Gasteiger partial charge in [-0.2, -0.15) is 11.8 Å². The van der Waals surface area contributed by atoms with Crippen LogP contribution in [0, 0.1) is 0 Å². The van der Waals surface area contributed by atoms with Crippen LogP contribution >= 0.6 is 11.8 Å². The highest BCUT2D eigenvalue weighted by molar-refractivity contribution is 7.99. The Balaban J connectivity index is 2.07. The van der Waals surface area contributed by atoms with E-state index in [1.165, 1.54) is 12.8 Å². The maximum absolute atomic E-state index is 11.1. The summed E-state index contributed by atoms with van der Waals surface area (Å²) in [7, 11) is 0. The van der Waals surface area contributed by atoms with Crippen molar-refractivity contribution in [1.29, 1.82) is 0 Å². The molecule has 1 aliphatic heterocycles. The monoisotopic (exact) mass is 276 g/mol. The smallest absolute Gasteiger partial charge is 0.323 e. The molecule has 1 fully saturated rings. The summed E-state index contributed by atoms with van der Waals surface area (Å²) in [6.07, 6.45) is 3.54. The largest absolute Gasteiger partial charge is 0.480 e. The molecular weight excluding hydrogens is 260 g/mol. The van der Waals surface area contributed by atoms with Gasteiger partial charge in [-0.3, -0.25) is 4.79 Å². The molecule has 3 rings (SSSR count). The molecule has 19 heavy (non-hydrogen) atoms. The molecule has 2 heterocycles. The Kier molecular flexibility index (Phi) is 3.46. The first-order valence-corrected chi connectivity index (χ1v) is 7.59. The lowest BCUT2D eigenvalue weighted by Crippen LogP contribution is -2.15. The molecular formula is C14H16N2O2S. The zero-order chi connectivity index (χ0) is 13.2. The third-order valence-electron chi connectivity index (χ3n) is 3.45. The third kappa shape index (κ3) is 2.47. The van der Waals surface area contributed by atoms with Gasteiger partial charge in [-0.05, 0) is 30.7 Å². The molecule has 0 bridgehead atoms. The van der Waals surface area contributed by atoms with Crippen LogP contribution in [-0.2, 0) is 11.3 Å². The van der Waals surface area contributed by atoms with E-state index in [2.05, 4.69) is 4.98 Å². The minimum Gasteiger partial charge on any atom is -0.480 e. The fraction of sp³-hybridized carbons (Fsp3) is 0.429. The van der Waals surface area contributed by atoms with Crippen molar-refractivity contribution >= 4 is 28.8 Å². The van der Waals surface area contributed by atoms with Crippen molar-refractivity contribution in [2.24, 2.45) is 0 Å². The van der Waals surface area contributed by atoms with Gasteiger partial charge in [-0.1, -0.05) is 18.6 Å². The van der Waals surface area contributed by atoms with Gasteiger partial charge in [0.1, 0.15) is 12.4 Å². The predicted octanol–water partition coefficient (Wildman–Crippen LogP) is 3.08. The van der Waals surface area contributed by atoms with E-state index in [4.69, 9.17) is 5.11 Å². The minimum atomic E-state index is -0.815. The molecule has 4 nitrogen and oxygen atoms in total. The second kappa shape index (κ2) is 5.25. The topological polar surface area (TPSA) is 55.1 Å². The average molecular weight is 276 g/mol. The number of nitrogens with zero attached hydrogens (tertiary/aromatic N) is 2. The highest BCUT2D eigenvalue weighted by Gasteiger charge is 2.23. The molecule has 2 aromatic rings. The van der Waals surface area contributed by atoms with E-state index in [9.17, 15) is 4.79 Å². The van der Waals surface area contributed by atoms with Gasteiger partial charge in [-0.25, -0.2) is 4.98 Å². The Hall–Kier alpha value is -1.49. The van der Waals surface area contributed by atoms with Crippen molar-refractivity contribution in [3.63, 3.8) is 0 Å². The number of carboxylic acid groups (broad SMARTS) is 1. The number of carbonyl (C=O) groups is 1. The minimum absolute atomic E-state index is 0.00704. The lowest BCUT2D eigenvalue weighted by atomic mass is 10.2. The number of carboxylic acids is 1. The molecule has 1 aromatic heterocycles. The molecule has 0 saturated carbocycles. The summed E-state index contributed by atoms with van der Waals surface area (Å²) >= 11 is 1.90. The van der Waals surface area contributed by atoms with Crippen molar-refractivity contribution in [3.8, 4) is 0 Å². The van der Waals surface area contributed by atoms with Gasteiger partial charge in [0.05, 0.1) is 16.3 Å². The van der Waals surface area contributed by atoms with Gasteiger partial charge in [0, 0.05) is 0 Å². The highest BCUT2D eigenvalue weighted by atomic mass is 32.2. The number of aromatic nitrogens is 2. The molecule has 0 radical (unpaired) electrons. The molecule has 0 amide bonds. The number of aliphatic carboxylic acids is 1. The number of hydrogen-bond donors (Lipinski definition) is 1. The summed E-state index contributed by atoms with van der Waals surface area (Å²) in [6.45, 7) is -0.00704. The Bertz CT molecular complexity index is 603. The summed E-state index contributed by atoms with van der Waals surface area (Å²) in [5.41, 5.74) is 1.82. The number of hydrogen-bond acceptors (Lipinski definition) is 3. The summed E-state index contributed by atoms with van der Waals surface area (Å²) in [4.78, 5) is 15.8. The predicted molar refractivity (Wildman–Crippen MR) is 76.4 cm³/mol. The van der Waals surface area contributed by atoms with Crippen LogP contribution in [0.25, 0.3) is 11.0 Å². The maximum Gasteiger partial charge on any atom is 0.323 e. The number of rotatable bonds is 3. The molecule has 1 N–H and O–H groups in total. The van der Waals surface area contributed by atoms with E-state index in [-0.39, 0.29) is 6.54 Å². The van der Waals surface area contributed by atoms with E-state index in [1.807, 2.05) is 40.6 Å². The van der Waals surface area contributed by atoms with Crippen molar-refractivity contribution in [2.45, 2.75) is 31.1 Å². The molecule has 0 aliphatic carbocycles. The van der Waals surface area contributed by atoms with Crippen molar-refractivity contribution in [3.05, 3.63) is 30.1 Å². The lowest BCUT2D eigenvalue weighted by Gasteiger charge is -2.21. The van der Waals surface area contributed by atoms with Gasteiger partial charge >= 0.3 is 5.97 Å². The first-order valence-electron chi connectivity index (χ1n) is 6.54. The standard InChI is InChI=1S/C14H16N2O2S/c17-13(18)9-16-11-6-2-1-5-10(11)15-14(16)12-7-3-4-8-19-12/h1-2,5-6,12H,3-4,7-9H2,(H,17,18). The summed E-state index contributed by atoms with van der Waals surface area (Å²) in [6, 6.07) is 7.77. The molecule has 1 saturated heterocycles. The van der Waals surface area contributed by atoms with Crippen LogP contribution in [0.4, 0.5) is 0 Å². The Morgan fingerprint density at radius 2 is 2.26 bits per heavy atom. The molecule has 0 spiro atoms. The van der Waals surface area contributed by atoms with Crippen molar-refractivity contribution in [2.75, 3.05) is 5.75 Å². The number of benzene rings is 1. The van der Waals surface area contributed by atoms with Gasteiger partial charge in [-0.15, -0.1) is 0 Å². The van der Waals surface area contributed by atoms with Gasteiger partial charge in [0.2, 0.25) is 0 Å². The van der Waals surface area contributed by atoms with Crippen LogP contribution < -0.4 is 0 Å². The van der Waals surface area contributed by atoms with Gasteiger partial charge < -0.3 is 9.67 Å². The van der Waals surface area contributed by atoms with Crippen LogP contribution in [0.2, 0.25) is 0 Å². The Labute approximate surface area is 115 Å². The normalized spacial score (nSPS) is 19.7. The van der Waals surface area contributed by atoms with Crippen LogP contribution in [-0.4, -0.2) is 26.4 Å². The van der Waals surface area contributed by atoms with E-state index < -0.39 is 5.97 Å². The van der Waals surface area contributed by atoms with Crippen LogP contribution in [0.1, 0.15) is 30.3 Å². The molecule has 1 aliphatic rings. The first-order chi connectivity index (χ1) is 9.25. The van der Waals surface area contributed by atoms with Crippen molar-refractivity contribution in [1.82, 2.24) is 9.55 Å². The SMILES string of the molecule is O=C(O)Cn1c(C2CCCCS2)nc2ccccc21. The second-order valence-electron chi connectivity index (χ2n) is 4.79. The van der Waals surface area contributed by atoms with Crippen LogP contribution in [0.15, 0.2) is 24.3 Å². The average Bonchev–Trinajstić information content (AvgIpc) is 2.78. The number of thioether (sulfide) groups is 1. The van der Waals surface area contributed by atoms with E-state index in [0.717, 1.165) is 29.0 Å². The molecule has 5 heteroatoms. The van der Waals surface area contributed by atoms with Gasteiger partial charge in [0.15, 0.2) is 0 Å². The van der Waals surface area contributed by atoms with E-state index in [0.29, 0.717) is 5.25 Å². The quantitative estimate of drug-likeness (QED) is 0.936.